The summed E-state index contributed by atoms with van der Waals surface area (Å²) < 4.78 is 11.3. The summed E-state index contributed by atoms with van der Waals surface area (Å²) in [6.45, 7) is 6.23. The molecule has 0 fully saturated rings. The van der Waals surface area contributed by atoms with Crippen LogP contribution in [0.3, 0.4) is 0 Å². The van der Waals surface area contributed by atoms with Crippen molar-refractivity contribution in [3.63, 3.8) is 0 Å². The fraction of sp³-hybridized carbons (Fsp3) is 0.571. The van der Waals surface area contributed by atoms with Gasteiger partial charge in [0.2, 0.25) is 0 Å². The third kappa shape index (κ3) is 2.98. The quantitative estimate of drug-likeness (QED) is 0.898. The number of halogens is 1. The van der Waals surface area contributed by atoms with Crippen molar-refractivity contribution < 1.29 is 14.6 Å². The largest absolute Gasteiger partial charge is 0.495 e. The van der Waals surface area contributed by atoms with E-state index in [9.17, 15) is 5.11 Å². The van der Waals surface area contributed by atoms with Gasteiger partial charge in [-0.1, -0.05) is 20.8 Å². The smallest absolute Gasteiger partial charge is 0.142 e. The molecule has 1 N–H and O–H groups in total. The van der Waals surface area contributed by atoms with Crippen LogP contribution in [0.15, 0.2) is 16.6 Å². The van der Waals surface area contributed by atoms with Crippen LogP contribution in [0, 0.1) is 11.8 Å². The standard InChI is InChI=1S/C14H21BrO3/c1-8(2)9(3)13(16)10-6-7-11(17-4)12(15)14(10)18-5/h6-9,13,16H,1-5H3. The minimum atomic E-state index is -0.554. The number of benzene rings is 1. The summed E-state index contributed by atoms with van der Waals surface area (Å²) in [5, 5.41) is 10.4. The third-order valence-corrected chi connectivity index (χ3v) is 4.14. The Morgan fingerprint density at radius 3 is 2.17 bits per heavy atom. The van der Waals surface area contributed by atoms with Crippen LogP contribution in [0.2, 0.25) is 0 Å². The molecule has 0 aromatic heterocycles. The van der Waals surface area contributed by atoms with Crippen LogP contribution < -0.4 is 9.47 Å². The Kier molecular flexibility index (Phi) is 5.47. The SMILES string of the molecule is COc1ccc(C(O)C(C)C(C)C)c(OC)c1Br. The number of hydrogen-bond donors (Lipinski definition) is 1. The molecule has 3 nitrogen and oxygen atoms in total. The minimum Gasteiger partial charge on any atom is -0.495 e. The molecule has 0 amide bonds. The zero-order valence-corrected chi connectivity index (χ0v) is 13.1. The second kappa shape index (κ2) is 6.43. The lowest BCUT2D eigenvalue weighted by atomic mass is 9.88. The van der Waals surface area contributed by atoms with Crippen LogP contribution >= 0.6 is 15.9 Å². The van der Waals surface area contributed by atoms with E-state index in [0.717, 1.165) is 10.0 Å². The third-order valence-electron chi connectivity index (χ3n) is 3.38. The number of aliphatic hydroxyl groups is 1. The van der Waals surface area contributed by atoms with Crippen LogP contribution in [0.4, 0.5) is 0 Å². The first-order chi connectivity index (χ1) is 8.43. The van der Waals surface area contributed by atoms with E-state index in [-0.39, 0.29) is 5.92 Å². The Hall–Kier alpha value is -0.740. The summed E-state index contributed by atoms with van der Waals surface area (Å²) in [6.07, 6.45) is -0.554. The van der Waals surface area contributed by atoms with Crippen molar-refractivity contribution in [1.82, 2.24) is 0 Å². The lowest BCUT2D eigenvalue weighted by molar-refractivity contribution is 0.0894. The van der Waals surface area contributed by atoms with Gasteiger partial charge in [-0.2, -0.15) is 0 Å². The van der Waals surface area contributed by atoms with Crippen molar-refractivity contribution >= 4 is 15.9 Å². The highest BCUT2D eigenvalue weighted by molar-refractivity contribution is 9.10. The lowest BCUT2D eigenvalue weighted by Crippen LogP contribution is -2.16. The molecule has 1 aromatic carbocycles. The molecule has 1 rings (SSSR count). The van der Waals surface area contributed by atoms with Crippen LogP contribution in [0.25, 0.3) is 0 Å². The second-order valence-electron chi connectivity index (χ2n) is 4.75. The van der Waals surface area contributed by atoms with Gasteiger partial charge in [-0.25, -0.2) is 0 Å². The van der Waals surface area contributed by atoms with Crippen molar-refractivity contribution in [3.8, 4) is 11.5 Å². The molecule has 2 unspecified atom stereocenters. The van der Waals surface area contributed by atoms with Crippen molar-refractivity contribution in [3.05, 3.63) is 22.2 Å². The van der Waals surface area contributed by atoms with Gasteiger partial charge in [0.15, 0.2) is 0 Å². The minimum absolute atomic E-state index is 0.152. The van der Waals surface area contributed by atoms with Crippen LogP contribution in [0.5, 0.6) is 11.5 Å². The normalized spacial score (nSPS) is 14.4. The van der Waals surface area contributed by atoms with Crippen molar-refractivity contribution in [1.29, 1.82) is 0 Å². The molecule has 0 aliphatic rings. The highest BCUT2D eigenvalue weighted by Gasteiger charge is 2.24. The molecular formula is C14H21BrO3. The van der Waals surface area contributed by atoms with Gasteiger partial charge in [0.1, 0.15) is 16.0 Å². The first-order valence-corrected chi connectivity index (χ1v) is 6.81. The summed E-state index contributed by atoms with van der Waals surface area (Å²) in [4.78, 5) is 0. The average molecular weight is 317 g/mol. The molecule has 0 aliphatic carbocycles. The van der Waals surface area contributed by atoms with Gasteiger partial charge < -0.3 is 14.6 Å². The Morgan fingerprint density at radius 2 is 1.72 bits per heavy atom. The van der Waals surface area contributed by atoms with Gasteiger partial charge in [-0.15, -0.1) is 0 Å². The van der Waals surface area contributed by atoms with Crippen molar-refractivity contribution in [2.24, 2.45) is 11.8 Å². The number of aliphatic hydroxyl groups excluding tert-OH is 1. The van der Waals surface area contributed by atoms with Crippen LogP contribution in [0.1, 0.15) is 32.4 Å². The van der Waals surface area contributed by atoms with E-state index in [1.807, 2.05) is 19.1 Å². The Labute approximate surface area is 117 Å². The van der Waals surface area contributed by atoms with Gasteiger partial charge in [0.25, 0.3) is 0 Å². The molecule has 2 atom stereocenters. The van der Waals surface area contributed by atoms with E-state index in [4.69, 9.17) is 9.47 Å². The average Bonchev–Trinajstić information content (AvgIpc) is 2.36. The maximum atomic E-state index is 10.4. The predicted molar refractivity (Wildman–Crippen MR) is 76.2 cm³/mol. The molecule has 102 valence electrons. The first-order valence-electron chi connectivity index (χ1n) is 6.02. The van der Waals surface area contributed by atoms with Gasteiger partial charge >= 0.3 is 0 Å². The van der Waals surface area contributed by atoms with E-state index in [0.29, 0.717) is 17.4 Å². The summed E-state index contributed by atoms with van der Waals surface area (Å²) in [5.41, 5.74) is 0.784. The molecule has 0 saturated heterocycles. The van der Waals surface area contributed by atoms with Crippen molar-refractivity contribution in [2.75, 3.05) is 14.2 Å². The summed E-state index contributed by atoms with van der Waals surface area (Å²) in [6, 6.07) is 3.68. The molecule has 0 spiro atoms. The molecule has 0 radical (unpaired) electrons. The molecule has 0 saturated carbocycles. The van der Waals surface area contributed by atoms with Gasteiger partial charge in [-0.05, 0) is 39.9 Å². The molecule has 0 bridgehead atoms. The van der Waals surface area contributed by atoms with E-state index in [1.165, 1.54) is 0 Å². The van der Waals surface area contributed by atoms with Crippen LogP contribution in [-0.4, -0.2) is 19.3 Å². The van der Waals surface area contributed by atoms with E-state index >= 15 is 0 Å². The predicted octanol–water partition coefficient (Wildman–Crippen LogP) is 3.79. The molecule has 4 heteroatoms. The number of ether oxygens (including phenoxy) is 2. The molecule has 0 heterocycles. The number of methoxy groups -OCH3 is 2. The number of hydrogen-bond acceptors (Lipinski definition) is 3. The molecule has 1 aromatic rings. The van der Waals surface area contributed by atoms with Crippen molar-refractivity contribution in [2.45, 2.75) is 26.9 Å². The van der Waals surface area contributed by atoms with Gasteiger partial charge in [0.05, 0.1) is 20.3 Å². The molecule has 0 aliphatic heterocycles. The first kappa shape index (κ1) is 15.3. The fourth-order valence-electron chi connectivity index (χ4n) is 1.80. The Bertz CT molecular complexity index is 404. The van der Waals surface area contributed by atoms with Gasteiger partial charge in [0, 0.05) is 5.56 Å². The topological polar surface area (TPSA) is 38.7 Å². The zero-order chi connectivity index (χ0) is 13.9. The molecular weight excluding hydrogens is 296 g/mol. The Balaban J connectivity index is 3.20. The highest BCUT2D eigenvalue weighted by Crippen LogP contribution is 2.42. The van der Waals surface area contributed by atoms with E-state index in [2.05, 4.69) is 29.8 Å². The number of rotatable bonds is 5. The monoisotopic (exact) mass is 316 g/mol. The van der Waals surface area contributed by atoms with Gasteiger partial charge in [-0.3, -0.25) is 0 Å². The van der Waals surface area contributed by atoms with E-state index in [1.54, 1.807) is 14.2 Å². The maximum absolute atomic E-state index is 10.4. The fourth-order valence-corrected chi connectivity index (χ4v) is 2.48. The zero-order valence-electron chi connectivity index (χ0n) is 11.5. The summed E-state index contributed by atoms with van der Waals surface area (Å²) in [7, 11) is 3.20. The lowest BCUT2D eigenvalue weighted by Gasteiger charge is -2.25. The molecule has 18 heavy (non-hydrogen) atoms. The maximum Gasteiger partial charge on any atom is 0.142 e. The second-order valence-corrected chi connectivity index (χ2v) is 5.55. The highest BCUT2D eigenvalue weighted by atomic mass is 79.9. The summed E-state index contributed by atoms with van der Waals surface area (Å²) in [5.74, 6) is 1.87. The Morgan fingerprint density at radius 1 is 1.11 bits per heavy atom. The summed E-state index contributed by atoms with van der Waals surface area (Å²) >= 11 is 3.45. The van der Waals surface area contributed by atoms with Crippen LogP contribution in [-0.2, 0) is 0 Å². The van der Waals surface area contributed by atoms with E-state index < -0.39 is 6.10 Å².